The number of aliphatic hydroxyl groups excluding tert-OH is 1. The SMILES string of the molecule is COc1cccc(C(O)CN2CCN3CCCC3C2)c1. The Labute approximate surface area is 120 Å². The highest BCUT2D eigenvalue weighted by Gasteiger charge is 2.31. The van der Waals surface area contributed by atoms with Gasteiger partial charge >= 0.3 is 0 Å². The zero-order chi connectivity index (χ0) is 13.9. The Morgan fingerprint density at radius 3 is 3.10 bits per heavy atom. The summed E-state index contributed by atoms with van der Waals surface area (Å²) in [5, 5.41) is 10.4. The number of nitrogens with zero attached hydrogens (tertiary/aromatic N) is 2. The molecule has 1 N–H and O–H groups in total. The zero-order valence-electron chi connectivity index (χ0n) is 12.2. The molecule has 0 aliphatic carbocycles. The third-order valence-corrected chi connectivity index (χ3v) is 4.58. The van der Waals surface area contributed by atoms with Crippen LogP contribution in [0.2, 0.25) is 0 Å². The van der Waals surface area contributed by atoms with Crippen LogP contribution < -0.4 is 4.74 Å². The van der Waals surface area contributed by atoms with Gasteiger partial charge in [0.15, 0.2) is 0 Å². The van der Waals surface area contributed by atoms with Crippen molar-refractivity contribution in [2.75, 3.05) is 39.8 Å². The van der Waals surface area contributed by atoms with Crippen LogP contribution in [0.4, 0.5) is 0 Å². The molecule has 2 heterocycles. The molecule has 1 aromatic rings. The number of methoxy groups -OCH3 is 1. The Hall–Kier alpha value is -1.10. The van der Waals surface area contributed by atoms with E-state index in [2.05, 4.69) is 9.80 Å². The van der Waals surface area contributed by atoms with E-state index >= 15 is 0 Å². The lowest BCUT2D eigenvalue weighted by Crippen LogP contribution is -2.50. The number of benzene rings is 1. The fourth-order valence-electron chi connectivity index (χ4n) is 3.42. The summed E-state index contributed by atoms with van der Waals surface area (Å²) in [6, 6.07) is 8.45. The van der Waals surface area contributed by atoms with Crippen LogP contribution in [0.25, 0.3) is 0 Å². The Bertz CT molecular complexity index is 452. The van der Waals surface area contributed by atoms with Crippen molar-refractivity contribution in [1.82, 2.24) is 9.80 Å². The number of β-amino-alcohol motifs (C(OH)–C–C–N with tert-alkyl or cyclic N) is 1. The molecule has 2 aliphatic heterocycles. The number of aliphatic hydroxyl groups is 1. The van der Waals surface area contributed by atoms with Crippen LogP contribution >= 0.6 is 0 Å². The molecule has 2 atom stereocenters. The van der Waals surface area contributed by atoms with Crippen LogP contribution in [0.5, 0.6) is 5.75 Å². The second-order valence-corrected chi connectivity index (χ2v) is 5.88. The molecule has 0 amide bonds. The highest BCUT2D eigenvalue weighted by atomic mass is 16.5. The Morgan fingerprint density at radius 1 is 1.35 bits per heavy atom. The third-order valence-electron chi connectivity index (χ3n) is 4.58. The molecule has 0 bridgehead atoms. The smallest absolute Gasteiger partial charge is 0.119 e. The summed E-state index contributed by atoms with van der Waals surface area (Å²) in [5.41, 5.74) is 0.943. The minimum atomic E-state index is -0.432. The van der Waals surface area contributed by atoms with E-state index in [0.717, 1.165) is 37.5 Å². The largest absolute Gasteiger partial charge is 0.497 e. The molecule has 110 valence electrons. The molecule has 0 spiro atoms. The minimum absolute atomic E-state index is 0.432. The molecule has 2 fully saturated rings. The summed E-state index contributed by atoms with van der Waals surface area (Å²) in [6.45, 7) is 5.29. The molecule has 4 nitrogen and oxygen atoms in total. The van der Waals surface area contributed by atoms with Crippen molar-refractivity contribution in [3.05, 3.63) is 29.8 Å². The summed E-state index contributed by atoms with van der Waals surface area (Å²) in [6.07, 6.45) is 2.21. The van der Waals surface area contributed by atoms with Gasteiger partial charge in [0, 0.05) is 32.2 Å². The minimum Gasteiger partial charge on any atom is -0.497 e. The normalized spacial score (nSPS) is 25.4. The van der Waals surface area contributed by atoms with Crippen molar-refractivity contribution in [3.8, 4) is 5.75 Å². The number of hydrogen-bond acceptors (Lipinski definition) is 4. The lowest BCUT2D eigenvalue weighted by molar-refractivity contribution is 0.0565. The van der Waals surface area contributed by atoms with Gasteiger partial charge in [-0.05, 0) is 37.1 Å². The predicted molar refractivity (Wildman–Crippen MR) is 79.0 cm³/mol. The summed E-state index contributed by atoms with van der Waals surface area (Å²) in [7, 11) is 1.66. The molecular formula is C16H24N2O2. The first kappa shape index (κ1) is 13.9. The first-order valence-electron chi connectivity index (χ1n) is 7.54. The van der Waals surface area contributed by atoms with Crippen molar-refractivity contribution >= 4 is 0 Å². The van der Waals surface area contributed by atoms with Crippen LogP contribution in [0.15, 0.2) is 24.3 Å². The van der Waals surface area contributed by atoms with Crippen LogP contribution in [0.1, 0.15) is 24.5 Å². The molecule has 0 saturated carbocycles. The highest BCUT2D eigenvalue weighted by Crippen LogP contribution is 2.24. The summed E-state index contributed by atoms with van der Waals surface area (Å²) < 4.78 is 5.22. The third kappa shape index (κ3) is 2.97. The van der Waals surface area contributed by atoms with Gasteiger partial charge in [0.05, 0.1) is 13.2 Å². The standard InChI is InChI=1S/C16H24N2O2/c1-20-15-6-2-4-13(10-15)16(19)12-17-8-9-18-7-3-5-14(18)11-17/h2,4,6,10,14,16,19H,3,5,7-9,11-12H2,1H3. The van der Waals surface area contributed by atoms with Gasteiger partial charge in [-0.3, -0.25) is 9.80 Å². The number of piperazine rings is 1. The Kier molecular flexibility index (Phi) is 4.24. The van der Waals surface area contributed by atoms with Gasteiger partial charge in [-0.15, -0.1) is 0 Å². The quantitative estimate of drug-likeness (QED) is 0.904. The molecule has 3 rings (SSSR count). The Morgan fingerprint density at radius 2 is 2.25 bits per heavy atom. The molecule has 20 heavy (non-hydrogen) atoms. The zero-order valence-corrected chi connectivity index (χ0v) is 12.2. The van der Waals surface area contributed by atoms with Crippen LogP contribution in [0, 0.1) is 0 Å². The van der Waals surface area contributed by atoms with Crippen molar-refractivity contribution in [1.29, 1.82) is 0 Å². The lowest BCUT2D eigenvalue weighted by atomic mass is 10.1. The topological polar surface area (TPSA) is 35.9 Å². The van der Waals surface area contributed by atoms with E-state index in [-0.39, 0.29) is 0 Å². The molecular weight excluding hydrogens is 252 g/mol. The van der Waals surface area contributed by atoms with Crippen LogP contribution in [-0.2, 0) is 0 Å². The van der Waals surface area contributed by atoms with E-state index in [0.29, 0.717) is 6.04 Å². The highest BCUT2D eigenvalue weighted by molar-refractivity contribution is 5.29. The lowest BCUT2D eigenvalue weighted by Gasteiger charge is -2.38. The monoisotopic (exact) mass is 276 g/mol. The van der Waals surface area contributed by atoms with E-state index in [1.54, 1.807) is 7.11 Å². The van der Waals surface area contributed by atoms with Crippen molar-refractivity contribution in [2.45, 2.75) is 25.0 Å². The number of ether oxygens (including phenoxy) is 1. The van der Waals surface area contributed by atoms with E-state index in [4.69, 9.17) is 4.74 Å². The van der Waals surface area contributed by atoms with Gasteiger partial charge < -0.3 is 9.84 Å². The fourth-order valence-corrected chi connectivity index (χ4v) is 3.42. The molecule has 0 radical (unpaired) electrons. The fraction of sp³-hybridized carbons (Fsp3) is 0.625. The second-order valence-electron chi connectivity index (χ2n) is 5.88. The maximum atomic E-state index is 10.4. The maximum Gasteiger partial charge on any atom is 0.119 e. The van der Waals surface area contributed by atoms with Crippen LogP contribution in [-0.4, -0.2) is 60.8 Å². The van der Waals surface area contributed by atoms with Gasteiger partial charge in [0.25, 0.3) is 0 Å². The number of hydrogen-bond donors (Lipinski definition) is 1. The van der Waals surface area contributed by atoms with Gasteiger partial charge in [0.2, 0.25) is 0 Å². The molecule has 4 heteroatoms. The van der Waals surface area contributed by atoms with E-state index in [1.165, 1.54) is 19.4 Å². The first-order chi connectivity index (χ1) is 9.76. The van der Waals surface area contributed by atoms with E-state index in [9.17, 15) is 5.11 Å². The number of fused-ring (bicyclic) bond motifs is 1. The molecule has 2 unspecified atom stereocenters. The van der Waals surface area contributed by atoms with E-state index in [1.807, 2.05) is 24.3 Å². The molecule has 0 aromatic heterocycles. The van der Waals surface area contributed by atoms with Gasteiger partial charge in [0.1, 0.15) is 5.75 Å². The van der Waals surface area contributed by atoms with Gasteiger partial charge in [-0.2, -0.15) is 0 Å². The average molecular weight is 276 g/mol. The van der Waals surface area contributed by atoms with Crippen molar-refractivity contribution in [2.24, 2.45) is 0 Å². The predicted octanol–water partition coefficient (Wildman–Crippen LogP) is 1.51. The van der Waals surface area contributed by atoms with Crippen molar-refractivity contribution in [3.63, 3.8) is 0 Å². The van der Waals surface area contributed by atoms with Gasteiger partial charge in [-0.1, -0.05) is 12.1 Å². The van der Waals surface area contributed by atoms with Crippen LogP contribution in [0.3, 0.4) is 0 Å². The molecule has 1 aromatic carbocycles. The average Bonchev–Trinajstić information content (AvgIpc) is 2.95. The summed E-state index contributed by atoms with van der Waals surface area (Å²) >= 11 is 0. The second kappa shape index (κ2) is 6.12. The van der Waals surface area contributed by atoms with Gasteiger partial charge in [-0.25, -0.2) is 0 Å². The summed E-state index contributed by atoms with van der Waals surface area (Å²) in [5.74, 6) is 0.808. The first-order valence-corrected chi connectivity index (χ1v) is 7.54. The molecule has 2 aliphatic rings. The number of rotatable bonds is 4. The van der Waals surface area contributed by atoms with Crippen molar-refractivity contribution < 1.29 is 9.84 Å². The maximum absolute atomic E-state index is 10.4. The Balaban J connectivity index is 1.59. The molecule has 2 saturated heterocycles. The summed E-state index contributed by atoms with van der Waals surface area (Å²) in [4.78, 5) is 4.99. The van der Waals surface area contributed by atoms with E-state index < -0.39 is 6.10 Å².